The highest BCUT2D eigenvalue weighted by Gasteiger charge is 1.80. The molecule has 0 aromatic rings. The number of rotatable bonds is 1. The number of hydrogen-bond donors (Lipinski definition) is 0. The quantitative estimate of drug-likeness (QED) is 0.373. The minimum atomic E-state index is 0.104. The number of carbonyl (C=O) groups excluding carboxylic acids is 1. The van der Waals surface area contributed by atoms with Crippen molar-refractivity contribution in [2.45, 2.75) is 13.8 Å². The zero-order valence-electron chi connectivity index (χ0n) is 4.56. The molecule has 0 aliphatic carbocycles. The molecule has 0 spiro atoms. The maximum absolute atomic E-state index is 10.2. The van der Waals surface area contributed by atoms with Crippen LogP contribution in [0.3, 0.4) is 0 Å². The summed E-state index contributed by atoms with van der Waals surface area (Å²) in [6.07, 6.45) is 1.57. The second-order valence-corrected chi connectivity index (χ2v) is 2.41. The smallest absolute Gasteiger partial charge is 0.152 e. The molecule has 7 heavy (non-hydrogen) atoms. The fraction of sp³-hybridized carbons (Fsp3) is 0.400. The van der Waals surface area contributed by atoms with Crippen molar-refractivity contribution in [2.24, 2.45) is 0 Å². The molecular formula is C5H9OP. The van der Waals surface area contributed by atoms with Crippen LogP contribution in [0.15, 0.2) is 11.4 Å². The van der Waals surface area contributed by atoms with Crippen LogP contribution in [-0.2, 0) is 4.79 Å². The van der Waals surface area contributed by atoms with E-state index in [4.69, 9.17) is 0 Å². The first-order chi connectivity index (χ1) is 3.13. The predicted octanol–water partition coefficient (Wildman–Crippen LogP) is 1.35. The van der Waals surface area contributed by atoms with Crippen molar-refractivity contribution in [3.63, 3.8) is 0 Å². The van der Waals surface area contributed by atoms with Crippen LogP contribution in [0.1, 0.15) is 13.8 Å². The van der Waals surface area contributed by atoms with Gasteiger partial charge in [0.15, 0.2) is 5.78 Å². The Bertz CT molecular complexity index is 101. The molecule has 0 saturated carbocycles. The molecule has 0 fully saturated rings. The second-order valence-electron chi connectivity index (χ2n) is 1.50. The Kier molecular flexibility index (Phi) is 2.86. The molecule has 0 aromatic carbocycles. The molecule has 0 rings (SSSR count). The van der Waals surface area contributed by atoms with Crippen molar-refractivity contribution in [3.05, 3.63) is 11.4 Å². The number of hydrogen-bond acceptors (Lipinski definition) is 1. The highest BCUT2D eigenvalue weighted by molar-refractivity contribution is 7.22. The van der Waals surface area contributed by atoms with Gasteiger partial charge in [0, 0.05) is 0 Å². The lowest BCUT2D eigenvalue weighted by atomic mass is 10.4. The van der Waals surface area contributed by atoms with Crippen molar-refractivity contribution in [2.75, 3.05) is 0 Å². The summed E-state index contributed by atoms with van der Waals surface area (Å²) in [6.45, 7) is 3.40. The Morgan fingerprint density at radius 2 is 2.00 bits per heavy atom. The molecule has 2 heteroatoms. The summed E-state index contributed by atoms with van der Waals surface area (Å²) in [6, 6.07) is 0. The third-order valence-electron chi connectivity index (χ3n) is 0.431. The molecule has 0 heterocycles. The molecule has 0 radical (unpaired) electrons. The summed E-state index contributed by atoms with van der Waals surface area (Å²) in [4.78, 5) is 10.2. The molecule has 1 unspecified atom stereocenters. The fourth-order valence-corrected chi connectivity index (χ4v) is 0.555. The molecule has 0 amide bonds. The molecule has 1 atom stereocenters. The molecule has 1 nitrogen and oxygen atoms in total. The Labute approximate surface area is 46.0 Å². The second kappa shape index (κ2) is 2.92. The van der Waals surface area contributed by atoms with E-state index in [0.29, 0.717) is 0 Å². The first-order valence-electron chi connectivity index (χ1n) is 2.07. The maximum Gasteiger partial charge on any atom is 0.152 e. The van der Waals surface area contributed by atoms with Gasteiger partial charge in [0.1, 0.15) is 0 Å². The topological polar surface area (TPSA) is 17.1 Å². The average molecular weight is 116 g/mol. The van der Waals surface area contributed by atoms with E-state index < -0.39 is 0 Å². The summed E-state index contributed by atoms with van der Waals surface area (Å²) >= 11 is 0. The molecule has 0 saturated heterocycles. The summed E-state index contributed by atoms with van der Waals surface area (Å²) < 4.78 is 0. The van der Waals surface area contributed by atoms with Crippen LogP contribution in [0.25, 0.3) is 0 Å². The van der Waals surface area contributed by atoms with E-state index in [2.05, 4.69) is 9.24 Å². The predicted molar refractivity (Wildman–Crippen MR) is 34.1 cm³/mol. The Balaban J connectivity index is 3.68. The van der Waals surface area contributed by atoms with E-state index in [1.807, 2.05) is 6.92 Å². The molecule has 0 bridgehead atoms. The first kappa shape index (κ1) is 6.84. The summed E-state index contributed by atoms with van der Waals surface area (Å²) in [5.41, 5.74) is 0. The van der Waals surface area contributed by atoms with Crippen molar-refractivity contribution < 1.29 is 4.79 Å². The van der Waals surface area contributed by atoms with Gasteiger partial charge in [-0.1, -0.05) is 5.31 Å². The third-order valence-corrected chi connectivity index (χ3v) is 0.598. The fourth-order valence-electron chi connectivity index (χ4n) is 0.321. The highest BCUT2D eigenvalue weighted by atomic mass is 31.0. The SMILES string of the molecule is CC(=O)C=C(C)P. The van der Waals surface area contributed by atoms with E-state index in [0.717, 1.165) is 5.31 Å². The van der Waals surface area contributed by atoms with Gasteiger partial charge in [0.2, 0.25) is 0 Å². The molecule has 0 N–H and O–H groups in total. The Morgan fingerprint density at radius 3 is 2.00 bits per heavy atom. The van der Waals surface area contributed by atoms with Crippen LogP contribution in [0.2, 0.25) is 0 Å². The molecule has 0 aliphatic heterocycles. The van der Waals surface area contributed by atoms with Gasteiger partial charge in [0.25, 0.3) is 0 Å². The van der Waals surface area contributed by atoms with Crippen molar-refractivity contribution in [1.29, 1.82) is 0 Å². The normalized spacial score (nSPS) is 11.6. The van der Waals surface area contributed by atoms with E-state index >= 15 is 0 Å². The summed E-state index contributed by atoms with van der Waals surface area (Å²) in [5.74, 6) is 0.104. The number of allylic oxidation sites excluding steroid dienone is 2. The van der Waals surface area contributed by atoms with E-state index in [1.54, 1.807) is 6.08 Å². The minimum absolute atomic E-state index is 0.104. The maximum atomic E-state index is 10.2. The van der Waals surface area contributed by atoms with Gasteiger partial charge in [-0.25, -0.2) is 0 Å². The van der Waals surface area contributed by atoms with Crippen LogP contribution in [-0.4, -0.2) is 5.78 Å². The number of ketones is 1. The van der Waals surface area contributed by atoms with Crippen molar-refractivity contribution >= 4 is 15.0 Å². The summed E-state index contributed by atoms with van der Waals surface area (Å²) in [5, 5.41) is 0.979. The lowest BCUT2D eigenvalue weighted by Crippen LogP contribution is -1.78. The zero-order valence-corrected chi connectivity index (χ0v) is 5.72. The van der Waals surface area contributed by atoms with Gasteiger partial charge >= 0.3 is 0 Å². The Morgan fingerprint density at radius 1 is 1.57 bits per heavy atom. The first-order valence-corrected chi connectivity index (χ1v) is 2.65. The molecular weight excluding hydrogens is 107 g/mol. The summed E-state index contributed by atoms with van der Waals surface area (Å²) in [7, 11) is 2.44. The van der Waals surface area contributed by atoms with E-state index in [1.165, 1.54) is 6.92 Å². The standard InChI is InChI=1S/C5H9OP/c1-4(6)3-5(2)7/h3H,7H2,1-2H3. The number of carbonyl (C=O) groups is 1. The monoisotopic (exact) mass is 116 g/mol. The van der Waals surface area contributed by atoms with Gasteiger partial charge < -0.3 is 0 Å². The van der Waals surface area contributed by atoms with Gasteiger partial charge in [-0.3, -0.25) is 4.79 Å². The minimum Gasteiger partial charge on any atom is -0.295 e. The largest absolute Gasteiger partial charge is 0.295 e. The van der Waals surface area contributed by atoms with Crippen LogP contribution in [0, 0.1) is 0 Å². The lowest BCUT2D eigenvalue weighted by molar-refractivity contribution is -0.112. The van der Waals surface area contributed by atoms with Gasteiger partial charge in [-0.2, -0.15) is 0 Å². The van der Waals surface area contributed by atoms with Crippen LogP contribution >= 0.6 is 9.24 Å². The van der Waals surface area contributed by atoms with Crippen LogP contribution in [0.5, 0.6) is 0 Å². The lowest BCUT2D eigenvalue weighted by Gasteiger charge is -1.80. The van der Waals surface area contributed by atoms with Crippen molar-refractivity contribution in [3.8, 4) is 0 Å². The van der Waals surface area contributed by atoms with E-state index in [9.17, 15) is 4.79 Å². The zero-order chi connectivity index (χ0) is 5.86. The van der Waals surface area contributed by atoms with Crippen LogP contribution < -0.4 is 0 Å². The molecule has 0 aromatic heterocycles. The third kappa shape index (κ3) is 5.84. The van der Waals surface area contributed by atoms with Gasteiger partial charge in [-0.05, 0) is 19.9 Å². The Hall–Kier alpha value is -0.160. The average Bonchev–Trinajstić information content (AvgIpc) is 1.27. The van der Waals surface area contributed by atoms with Gasteiger partial charge in [-0.15, -0.1) is 9.24 Å². The van der Waals surface area contributed by atoms with Gasteiger partial charge in [0.05, 0.1) is 0 Å². The van der Waals surface area contributed by atoms with E-state index in [-0.39, 0.29) is 5.78 Å². The van der Waals surface area contributed by atoms with Crippen molar-refractivity contribution in [1.82, 2.24) is 0 Å². The molecule has 40 valence electrons. The molecule has 0 aliphatic rings. The highest BCUT2D eigenvalue weighted by Crippen LogP contribution is 2.00. The van der Waals surface area contributed by atoms with Crippen LogP contribution in [0.4, 0.5) is 0 Å².